The summed E-state index contributed by atoms with van der Waals surface area (Å²) in [5.74, 6) is 5.02. The van der Waals surface area contributed by atoms with E-state index in [9.17, 15) is 4.79 Å². The van der Waals surface area contributed by atoms with E-state index in [-0.39, 0.29) is 12.5 Å². The van der Waals surface area contributed by atoms with Crippen molar-refractivity contribution in [3.63, 3.8) is 0 Å². The van der Waals surface area contributed by atoms with Gasteiger partial charge in [0.05, 0.1) is 16.3 Å². The molecule has 106 valence electrons. The summed E-state index contributed by atoms with van der Waals surface area (Å²) >= 11 is 6.08. The first-order valence-electron chi connectivity index (χ1n) is 6.38. The van der Waals surface area contributed by atoms with E-state index in [0.717, 1.165) is 5.56 Å². The summed E-state index contributed by atoms with van der Waals surface area (Å²) in [4.78, 5) is 12.4. The fourth-order valence-corrected chi connectivity index (χ4v) is 2.01. The Labute approximate surface area is 128 Å². The third-order valence-electron chi connectivity index (χ3n) is 2.84. The van der Waals surface area contributed by atoms with Crippen LogP contribution in [0.1, 0.15) is 21.5 Å². The van der Waals surface area contributed by atoms with Crippen molar-refractivity contribution >= 4 is 23.2 Å². The van der Waals surface area contributed by atoms with Crippen LogP contribution in [-0.4, -0.2) is 17.6 Å². The monoisotopic (exact) mass is 299 g/mol. The van der Waals surface area contributed by atoms with Gasteiger partial charge in [0.2, 0.25) is 0 Å². The molecule has 0 aliphatic carbocycles. The molecule has 0 aliphatic heterocycles. The Bertz CT molecular complexity index is 729. The van der Waals surface area contributed by atoms with Crippen molar-refractivity contribution in [2.45, 2.75) is 6.92 Å². The number of hydrogen-bond donors (Lipinski definition) is 2. The van der Waals surface area contributed by atoms with E-state index < -0.39 is 0 Å². The van der Waals surface area contributed by atoms with Crippen molar-refractivity contribution in [3.05, 3.63) is 64.2 Å². The molecular weight excluding hydrogens is 286 g/mol. The quantitative estimate of drug-likeness (QED) is 0.836. The molecule has 0 aliphatic rings. The Balaban J connectivity index is 2.31. The lowest BCUT2D eigenvalue weighted by Gasteiger charge is -2.09. The van der Waals surface area contributed by atoms with Crippen molar-refractivity contribution in [1.29, 1.82) is 0 Å². The molecule has 21 heavy (non-hydrogen) atoms. The zero-order valence-corrected chi connectivity index (χ0v) is 12.2. The molecule has 2 rings (SSSR count). The summed E-state index contributed by atoms with van der Waals surface area (Å²) in [7, 11) is 0. The Morgan fingerprint density at radius 3 is 2.81 bits per heavy atom. The molecule has 4 heteroatoms. The molecule has 0 aromatic heterocycles. The molecule has 0 radical (unpaired) electrons. The first kappa shape index (κ1) is 15.1. The number of carbonyl (C=O) groups is 1. The fourth-order valence-electron chi connectivity index (χ4n) is 1.85. The number of aliphatic hydroxyl groups is 1. The van der Waals surface area contributed by atoms with Gasteiger partial charge in [-0.1, -0.05) is 41.6 Å². The minimum Gasteiger partial charge on any atom is -0.384 e. The second-order valence-corrected chi connectivity index (χ2v) is 4.85. The first-order valence-corrected chi connectivity index (χ1v) is 6.76. The largest absolute Gasteiger partial charge is 0.384 e. The molecule has 1 amide bonds. The number of nitrogens with one attached hydrogen (secondary N) is 1. The average molecular weight is 300 g/mol. The Morgan fingerprint density at radius 1 is 1.29 bits per heavy atom. The normalized spacial score (nSPS) is 9.67. The van der Waals surface area contributed by atoms with Crippen molar-refractivity contribution in [2.24, 2.45) is 0 Å². The van der Waals surface area contributed by atoms with Crippen molar-refractivity contribution in [2.75, 3.05) is 11.9 Å². The third kappa shape index (κ3) is 3.85. The van der Waals surface area contributed by atoms with Crippen molar-refractivity contribution < 1.29 is 9.90 Å². The van der Waals surface area contributed by atoms with Gasteiger partial charge in [-0.25, -0.2) is 0 Å². The summed E-state index contributed by atoms with van der Waals surface area (Å²) in [6.45, 7) is 1.67. The molecule has 0 fully saturated rings. The third-order valence-corrected chi connectivity index (χ3v) is 3.17. The number of hydrogen-bond acceptors (Lipinski definition) is 2. The van der Waals surface area contributed by atoms with Gasteiger partial charge in [-0.3, -0.25) is 4.79 Å². The van der Waals surface area contributed by atoms with Crippen LogP contribution in [0, 0.1) is 18.8 Å². The molecule has 0 bridgehead atoms. The Morgan fingerprint density at radius 2 is 2.05 bits per heavy atom. The zero-order chi connectivity index (χ0) is 15.2. The molecule has 0 unspecified atom stereocenters. The molecule has 3 nitrogen and oxygen atoms in total. The van der Waals surface area contributed by atoms with Crippen LogP contribution in [0.25, 0.3) is 0 Å². The maximum absolute atomic E-state index is 12.4. The van der Waals surface area contributed by atoms with E-state index in [1.165, 1.54) is 0 Å². The van der Waals surface area contributed by atoms with Crippen molar-refractivity contribution in [3.8, 4) is 11.8 Å². The van der Waals surface area contributed by atoms with E-state index in [4.69, 9.17) is 16.7 Å². The number of aliphatic hydroxyl groups excluding tert-OH is 1. The van der Waals surface area contributed by atoms with Gasteiger partial charge < -0.3 is 10.4 Å². The van der Waals surface area contributed by atoms with Gasteiger partial charge in [0, 0.05) is 5.56 Å². The summed E-state index contributed by atoms with van der Waals surface area (Å²) in [6, 6.07) is 12.4. The van der Waals surface area contributed by atoms with Gasteiger partial charge in [0.15, 0.2) is 0 Å². The van der Waals surface area contributed by atoms with E-state index in [1.807, 2.05) is 19.1 Å². The first-order chi connectivity index (χ1) is 10.1. The topological polar surface area (TPSA) is 49.3 Å². The molecule has 0 spiro atoms. The van der Waals surface area contributed by atoms with Crippen LogP contribution >= 0.6 is 11.6 Å². The maximum atomic E-state index is 12.4. The van der Waals surface area contributed by atoms with E-state index in [1.54, 1.807) is 30.3 Å². The number of carbonyl (C=O) groups excluding carboxylic acids is 1. The van der Waals surface area contributed by atoms with E-state index in [2.05, 4.69) is 17.2 Å². The Kier molecular flexibility index (Phi) is 4.99. The number of rotatable bonds is 2. The number of halogens is 1. The summed E-state index contributed by atoms with van der Waals surface area (Å²) in [5.41, 5.74) is 2.57. The van der Waals surface area contributed by atoms with Crippen LogP contribution in [0.15, 0.2) is 42.5 Å². The van der Waals surface area contributed by atoms with Crippen LogP contribution in [0.2, 0.25) is 5.02 Å². The smallest absolute Gasteiger partial charge is 0.256 e. The van der Waals surface area contributed by atoms with Gasteiger partial charge in [0.1, 0.15) is 6.61 Å². The minimum atomic E-state index is -0.287. The SMILES string of the molecule is Cc1ccc(Cl)c(NC(=O)c2ccccc2C#CCO)c1. The molecule has 0 saturated carbocycles. The zero-order valence-electron chi connectivity index (χ0n) is 11.5. The molecule has 0 atom stereocenters. The maximum Gasteiger partial charge on any atom is 0.256 e. The van der Waals surface area contributed by atoms with Crippen LogP contribution in [-0.2, 0) is 0 Å². The molecular formula is C17H14ClNO2. The summed E-state index contributed by atoms with van der Waals surface area (Å²) < 4.78 is 0. The van der Waals surface area contributed by atoms with Gasteiger partial charge in [-0.2, -0.15) is 0 Å². The van der Waals surface area contributed by atoms with E-state index >= 15 is 0 Å². The molecule has 0 heterocycles. The fraction of sp³-hybridized carbons (Fsp3) is 0.118. The lowest BCUT2D eigenvalue weighted by atomic mass is 10.1. The van der Waals surface area contributed by atoms with Gasteiger partial charge in [0.25, 0.3) is 5.91 Å². The number of benzene rings is 2. The van der Waals surface area contributed by atoms with E-state index in [0.29, 0.717) is 21.8 Å². The standard InChI is InChI=1S/C17H14ClNO2/c1-12-8-9-15(18)16(11-12)19-17(21)14-7-3-2-5-13(14)6-4-10-20/h2-3,5,7-9,11,20H,10H2,1H3,(H,19,21). The van der Waals surface area contributed by atoms with Gasteiger partial charge in [-0.05, 0) is 36.8 Å². The number of anilines is 1. The molecule has 2 aromatic rings. The predicted octanol–water partition coefficient (Wildman–Crippen LogP) is 3.24. The highest BCUT2D eigenvalue weighted by atomic mass is 35.5. The molecule has 0 saturated heterocycles. The summed E-state index contributed by atoms with van der Waals surface area (Å²) in [5, 5.41) is 12.0. The lowest BCUT2D eigenvalue weighted by molar-refractivity contribution is 0.102. The van der Waals surface area contributed by atoms with Crippen LogP contribution in [0.5, 0.6) is 0 Å². The van der Waals surface area contributed by atoms with Gasteiger partial charge >= 0.3 is 0 Å². The number of aryl methyl sites for hydroxylation is 1. The minimum absolute atomic E-state index is 0.250. The van der Waals surface area contributed by atoms with Crippen LogP contribution < -0.4 is 5.32 Å². The van der Waals surface area contributed by atoms with Crippen LogP contribution in [0.4, 0.5) is 5.69 Å². The lowest BCUT2D eigenvalue weighted by Crippen LogP contribution is -2.14. The predicted molar refractivity (Wildman–Crippen MR) is 84.5 cm³/mol. The summed E-state index contributed by atoms with van der Waals surface area (Å²) in [6.07, 6.45) is 0. The number of amides is 1. The highest BCUT2D eigenvalue weighted by Gasteiger charge is 2.11. The highest BCUT2D eigenvalue weighted by Crippen LogP contribution is 2.23. The molecule has 2 aromatic carbocycles. The second-order valence-electron chi connectivity index (χ2n) is 4.44. The highest BCUT2D eigenvalue weighted by molar-refractivity contribution is 6.34. The van der Waals surface area contributed by atoms with Gasteiger partial charge in [-0.15, -0.1) is 0 Å². The molecule has 2 N–H and O–H groups in total. The van der Waals surface area contributed by atoms with Crippen LogP contribution in [0.3, 0.4) is 0 Å². The second kappa shape index (κ2) is 6.94. The Hall–Kier alpha value is -2.28. The van der Waals surface area contributed by atoms with Crippen molar-refractivity contribution in [1.82, 2.24) is 0 Å². The average Bonchev–Trinajstić information content (AvgIpc) is 2.49.